The lowest BCUT2D eigenvalue weighted by molar-refractivity contribution is -0.144. The summed E-state index contributed by atoms with van der Waals surface area (Å²) in [4.78, 5) is 25.3. The Bertz CT molecular complexity index is 426. The number of amides is 1. The zero-order valence-electron chi connectivity index (χ0n) is 11.1. The monoisotopic (exact) mass is 269 g/mol. The summed E-state index contributed by atoms with van der Waals surface area (Å²) in [6.07, 6.45) is 0.905. The van der Waals surface area contributed by atoms with Crippen molar-refractivity contribution < 1.29 is 14.3 Å². The lowest BCUT2D eigenvalue weighted by atomic mass is 10.0. The van der Waals surface area contributed by atoms with Crippen LogP contribution >= 0.6 is 11.3 Å². The second kappa shape index (κ2) is 6.54. The van der Waals surface area contributed by atoms with Crippen molar-refractivity contribution in [1.29, 1.82) is 0 Å². The number of rotatable bonds is 5. The third-order valence-electron chi connectivity index (χ3n) is 2.64. The molecule has 0 aliphatic carbocycles. The number of esters is 1. The van der Waals surface area contributed by atoms with E-state index in [2.05, 4.69) is 10.1 Å². The molecule has 1 heterocycles. The summed E-state index contributed by atoms with van der Waals surface area (Å²) in [5.41, 5.74) is 0. The lowest BCUT2D eigenvalue weighted by Gasteiger charge is -2.19. The maximum Gasteiger partial charge on any atom is 0.328 e. The molecule has 0 aliphatic heterocycles. The molecule has 0 aliphatic rings. The summed E-state index contributed by atoms with van der Waals surface area (Å²) >= 11 is 1.45. The van der Waals surface area contributed by atoms with Crippen LogP contribution in [0.15, 0.2) is 12.1 Å². The highest BCUT2D eigenvalue weighted by Gasteiger charge is 2.25. The summed E-state index contributed by atoms with van der Waals surface area (Å²) in [5, 5.41) is 2.72. The molecule has 1 aromatic rings. The number of hydrogen-bond donors (Lipinski definition) is 1. The molecule has 1 amide bonds. The number of carbonyl (C=O) groups is 2. The fourth-order valence-corrected chi connectivity index (χ4v) is 2.38. The highest BCUT2D eigenvalue weighted by Crippen LogP contribution is 2.17. The van der Waals surface area contributed by atoms with Crippen molar-refractivity contribution in [3.05, 3.63) is 21.9 Å². The molecule has 18 heavy (non-hydrogen) atoms. The maximum atomic E-state index is 12.0. The van der Waals surface area contributed by atoms with Gasteiger partial charge in [0, 0.05) is 4.88 Å². The third-order valence-corrected chi connectivity index (χ3v) is 3.87. The van der Waals surface area contributed by atoms with Gasteiger partial charge in [-0.3, -0.25) is 4.79 Å². The summed E-state index contributed by atoms with van der Waals surface area (Å²) in [5.74, 6) is -0.638. The molecule has 0 saturated heterocycles. The standard InChI is InChI=1S/C13H19NO3S/c1-5-9-6-7-10(18-9)12(15)14-11(8(2)3)13(16)17-4/h6-8,11H,5H2,1-4H3,(H,14,15). The van der Waals surface area contributed by atoms with Gasteiger partial charge in [0.25, 0.3) is 5.91 Å². The van der Waals surface area contributed by atoms with Crippen LogP contribution in [0.3, 0.4) is 0 Å². The number of ether oxygens (including phenoxy) is 1. The predicted molar refractivity (Wildman–Crippen MR) is 71.8 cm³/mol. The maximum absolute atomic E-state index is 12.0. The van der Waals surface area contributed by atoms with E-state index in [0.29, 0.717) is 4.88 Å². The van der Waals surface area contributed by atoms with Crippen molar-refractivity contribution in [1.82, 2.24) is 5.32 Å². The van der Waals surface area contributed by atoms with Crippen molar-refractivity contribution in [3.8, 4) is 0 Å². The molecule has 1 aromatic heterocycles. The minimum atomic E-state index is -0.602. The molecule has 1 rings (SSSR count). The molecular formula is C13H19NO3S. The lowest BCUT2D eigenvalue weighted by Crippen LogP contribution is -2.44. The summed E-state index contributed by atoms with van der Waals surface area (Å²) in [6, 6.07) is 3.12. The van der Waals surface area contributed by atoms with Crippen LogP contribution in [0.2, 0.25) is 0 Å². The van der Waals surface area contributed by atoms with Gasteiger partial charge in [-0.1, -0.05) is 20.8 Å². The van der Waals surface area contributed by atoms with E-state index in [1.54, 1.807) is 6.07 Å². The van der Waals surface area contributed by atoms with Gasteiger partial charge in [0.15, 0.2) is 0 Å². The Morgan fingerprint density at radius 3 is 2.50 bits per heavy atom. The molecule has 0 aromatic carbocycles. The molecule has 100 valence electrons. The van der Waals surface area contributed by atoms with Gasteiger partial charge in [-0.05, 0) is 24.5 Å². The van der Waals surface area contributed by atoms with Crippen LogP contribution in [-0.2, 0) is 16.0 Å². The highest BCUT2D eigenvalue weighted by molar-refractivity contribution is 7.14. The number of nitrogens with one attached hydrogen (secondary N) is 1. The molecule has 1 N–H and O–H groups in total. The van der Waals surface area contributed by atoms with E-state index >= 15 is 0 Å². The average molecular weight is 269 g/mol. The van der Waals surface area contributed by atoms with Crippen LogP contribution in [0.25, 0.3) is 0 Å². The average Bonchev–Trinajstić information content (AvgIpc) is 2.83. The normalized spacial score (nSPS) is 12.3. The minimum absolute atomic E-state index is 0.00740. The predicted octanol–water partition coefficient (Wildman–Crippen LogP) is 2.24. The van der Waals surface area contributed by atoms with Crippen molar-refractivity contribution >= 4 is 23.2 Å². The Hall–Kier alpha value is -1.36. The Morgan fingerprint density at radius 2 is 2.06 bits per heavy atom. The molecule has 4 nitrogen and oxygen atoms in total. The first-order valence-electron chi connectivity index (χ1n) is 5.97. The Labute approximate surface area is 111 Å². The smallest absolute Gasteiger partial charge is 0.328 e. The molecule has 1 unspecified atom stereocenters. The van der Waals surface area contributed by atoms with Gasteiger partial charge in [0.1, 0.15) is 6.04 Å². The zero-order valence-corrected chi connectivity index (χ0v) is 12.0. The fourth-order valence-electron chi connectivity index (χ4n) is 1.53. The SMILES string of the molecule is CCc1ccc(C(=O)NC(C(=O)OC)C(C)C)s1. The zero-order chi connectivity index (χ0) is 13.7. The van der Waals surface area contributed by atoms with Gasteiger partial charge in [-0.15, -0.1) is 11.3 Å². The number of aryl methyl sites for hydroxylation is 1. The van der Waals surface area contributed by atoms with Crippen molar-refractivity contribution in [2.75, 3.05) is 7.11 Å². The van der Waals surface area contributed by atoms with E-state index in [4.69, 9.17) is 0 Å². The second-order valence-corrected chi connectivity index (χ2v) is 5.51. The molecule has 1 atom stereocenters. The first-order valence-corrected chi connectivity index (χ1v) is 6.78. The van der Waals surface area contributed by atoms with E-state index < -0.39 is 12.0 Å². The Balaban J connectivity index is 2.75. The molecule has 0 saturated carbocycles. The van der Waals surface area contributed by atoms with E-state index in [1.807, 2.05) is 26.8 Å². The quantitative estimate of drug-likeness (QED) is 0.834. The molecule has 0 spiro atoms. The first-order chi connectivity index (χ1) is 8.49. The Kier molecular flexibility index (Phi) is 5.34. The summed E-state index contributed by atoms with van der Waals surface area (Å²) in [7, 11) is 1.32. The van der Waals surface area contributed by atoms with E-state index in [0.717, 1.165) is 11.3 Å². The highest BCUT2D eigenvalue weighted by atomic mass is 32.1. The Morgan fingerprint density at radius 1 is 1.39 bits per heavy atom. The van der Waals surface area contributed by atoms with Crippen molar-refractivity contribution in [2.45, 2.75) is 33.2 Å². The van der Waals surface area contributed by atoms with Gasteiger partial charge in [0.05, 0.1) is 12.0 Å². The van der Waals surface area contributed by atoms with E-state index in [-0.39, 0.29) is 11.8 Å². The van der Waals surface area contributed by atoms with Crippen LogP contribution < -0.4 is 5.32 Å². The topological polar surface area (TPSA) is 55.4 Å². The van der Waals surface area contributed by atoms with Crippen molar-refractivity contribution in [2.24, 2.45) is 5.92 Å². The second-order valence-electron chi connectivity index (χ2n) is 4.34. The van der Waals surface area contributed by atoms with Crippen molar-refractivity contribution in [3.63, 3.8) is 0 Å². The largest absolute Gasteiger partial charge is 0.467 e. The summed E-state index contributed by atoms with van der Waals surface area (Å²) in [6.45, 7) is 5.78. The third kappa shape index (κ3) is 3.57. The van der Waals surface area contributed by atoms with Gasteiger partial charge < -0.3 is 10.1 Å². The molecule has 0 radical (unpaired) electrons. The van der Waals surface area contributed by atoms with Gasteiger partial charge in [0.2, 0.25) is 0 Å². The van der Waals surface area contributed by atoms with Crippen LogP contribution in [0.4, 0.5) is 0 Å². The van der Waals surface area contributed by atoms with E-state index in [9.17, 15) is 9.59 Å². The fraction of sp³-hybridized carbons (Fsp3) is 0.538. The number of carbonyl (C=O) groups excluding carboxylic acids is 2. The van der Waals surface area contributed by atoms with E-state index in [1.165, 1.54) is 18.4 Å². The van der Waals surface area contributed by atoms with Crippen LogP contribution in [-0.4, -0.2) is 25.0 Å². The molecular weight excluding hydrogens is 250 g/mol. The number of hydrogen-bond acceptors (Lipinski definition) is 4. The molecule has 0 fully saturated rings. The summed E-state index contributed by atoms with van der Waals surface area (Å²) < 4.78 is 4.69. The van der Waals surface area contributed by atoms with Crippen LogP contribution in [0.1, 0.15) is 35.3 Å². The van der Waals surface area contributed by atoms with Gasteiger partial charge in [-0.25, -0.2) is 4.79 Å². The number of methoxy groups -OCH3 is 1. The minimum Gasteiger partial charge on any atom is -0.467 e. The molecule has 0 bridgehead atoms. The number of thiophene rings is 1. The van der Waals surface area contributed by atoms with Gasteiger partial charge >= 0.3 is 5.97 Å². The molecule has 5 heteroatoms. The van der Waals surface area contributed by atoms with Crippen LogP contribution in [0, 0.1) is 5.92 Å². The van der Waals surface area contributed by atoms with Crippen LogP contribution in [0.5, 0.6) is 0 Å². The van der Waals surface area contributed by atoms with Gasteiger partial charge in [-0.2, -0.15) is 0 Å². The first kappa shape index (κ1) is 14.7.